The van der Waals surface area contributed by atoms with E-state index in [1.165, 1.54) is 23.8 Å². The van der Waals surface area contributed by atoms with Gasteiger partial charge in [-0.2, -0.15) is 26.7 Å². The minimum atomic E-state index is -5.52. The molecule has 0 atom stereocenters. The first kappa shape index (κ1) is 19.5. The molecule has 0 unspecified atom stereocenters. The average Bonchev–Trinajstić information content (AvgIpc) is 2.40. The van der Waals surface area contributed by atoms with E-state index in [9.17, 15) is 21.6 Å². The number of sulfonamides is 1. The Morgan fingerprint density at radius 2 is 1.86 bits per heavy atom. The van der Waals surface area contributed by atoms with Crippen LogP contribution in [0.4, 0.5) is 18.9 Å². The maximum absolute atomic E-state index is 12.3. The summed E-state index contributed by atoms with van der Waals surface area (Å²) in [5, 5.41) is 3.50. The number of nitrogens with zero attached hydrogens (tertiary/aromatic N) is 1. The molecule has 120 valence electrons. The molecule has 0 aromatic heterocycles. The maximum Gasteiger partial charge on any atom is 0.516 e. The van der Waals surface area contributed by atoms with Crippen LogP contribution in [0.1, 0.15) is 26.3 Å². The second-order valence-corrected chi connectivity index (χ2v) is 5.57. The van der Waals surface area contributed by atoms with Gasteiger partial charge in [-0.1, -0.05) is 25.4 Å². The maximum atomic E-state index is 12.3. The van der Waals surface area contributed by atoms with Gasteiger partial charge in [0.25, 0.3) is 0 Å². The van der Waals surface area contributed by atoms with E-state index in [1.807, 2.05) is 13.8 Å². The van der Waals surface area contributed by atoms with Crippen LogP contribution in [0.5, 0.6) is 0 Å². The third-order valence-electron chi connectivity index (χ3n) is 2.11. The molecule has 0 aliphatic rings. The Morgan fingerprint density at radius 1 is 1.33 bits per heavy atom. The van der Waals surface area contributed by atoms with Crippen molar-refractivity contribution in [3.63, 3.8) is 0 Å². The molecular weight excluding hydrogens is 331 g/mol. The summed E-state index contributed by atoms with van der Waals surface area (Å²) in [5.74, 6) is 5.02. The van der Waals surface area contributed by atoms with Crippen molar-refractivity contribution < 1.29 is 21.6 Å². The highest BCUT2D eigenvalue weighted by atomic mass is 35.5. The third-order valence-corrected chi connectivity index (χ3v) is 3.45. The minimum absolute atomic E-state index is 0.0582. The lowest BCUT2D eigenvalue weighted by molar-refractivity contribution is -0.0429. The summed E-state index contributed by atoms with van der Waals surface area (Å²) in [4.78, 5) is 0. The lowest BCUT2D eigenvalue weighted by Gasteiger charge is -2.14. The lowest BCUT2D eigenvalue weighted by atomic mass is 10.1. The van der Waals surface area contributed by atoms with Crippen molar-refractivity contribution in [3.05, 3.63) is 28.8 Å². The van der Waals surface area contributed by atoms with Gasteiger partial charge in [0, 0.05) is 10.6 Å². The average molecular weight is 346 g/mol. The van der Waals surface area contributed by atoms with Crippen LogP contribution in [0.15, 0.2) is 23.3 Å². The molecule has 0 heterocycles. The number of benzene rings is 1. The zero-order valence-electron chi connectivity index (χ0n) is 11.5. The number of alkyl halides is 3. The molecule has 0 bridgehead atoms. The fraction of sp³-hybridized carbons (Fsp3) is 0.364. The second kappa shape index (κ2) is 7.51. The number of hydrogen-bond acceptors (Lipinski definition) is 4. The first-order chi connectivity index (χ1) is 9.58. The van der Waals surface area contributed by atoms with Gasteiger partial charge in [-0.15, -0.1) is 0 Å². The first-order valence-corrected chi connectivity index (χ1v) is 7.58. The Bertz CT molecular complexity index is 616. The highest BCUT2D eigenvalue weighted by molar-refractivity contribution is 7.93. The summed E-state index contributed by atoms with van der Waals surface area (Å²) in [6.07, 6.45) is 0. The summed E-state index contributed by atoms with van der Waals surface area (Å²) < 4.78 is 60.3. The molecular formula is C11H15ClF3N3O2S. The number of rotatable bonds is 3. The first-order valence-electron chi connectivity index (χ1n) is 5.72. The van der Waals surface area contributed by atoms with Crippen molar-refractivity contribution in [2.24, 2.45) is 10.9 Å². The van der Waals surface area contributed by atoms with E-state index in [4.69, 9.17) is 17.4 Å². The van der Waals surface area contributed by atoms with Crippen LogP contribution in [0.3, 0.4) is 0 Å². The van der Waals surface area contributed by atoms with Crippen molar-refractivity contribution in [1.82, 2.24) is 0 Å². The van der Waals surface area contributed by atoms with Crippen molar-refractivity contribution in [2.45, 2.75) is 26.3 Å². The molecule has 0 saturated carbocycles. The predicted molar refractivity (Wildman–Crippen MR) is 77.8 cm³/mol. The smallest absolute Gasteiger partial charge is 0.323 e. The number of nitrogens with one attached hydrogen (secondary N) is 1. The van der Waals surface area contributed by atoms with Crippen molar-refractivity contribution in [1.29, 1.82) is 0 Å². The second-order valence-electron chi connectivity index (χ2n) is 3.46. The molecule has 0 saturated heterocycles. The summed E-state index contributed by atoms with van der Waals surface area (Å²) in [6, 6.07) is 3.58. The molecule has 1 aromatic rings. The summed E-state index contributed by atoms with van der Waals surface area (Å²) in [7, 11) is -5.52. The van der Waals surface area contributed by atoms with Gasteiger partial charge in [-0.05, 0) is 25.1 Å². The third kappa shape index (κ3) is 5.09. The fourth-order valence-corrected chi connectivity index (χ4v) is 1.93. The molecule has 1 rings (SSSR count). The van der Waals surface area contributed by atoms with Gasteiger partial charge in [0.1, 0.15) is 0 Å². The van der Waals surface area contributed by atoms with E-state index in [2.05, 4.69) is 5.10 Å². The van der Waals surface area contributed by atoms with Gasteiger partial charge in [0.2, 0.25) is 0 Å². The van der Waals surface area contributed by atoms with Crippen LogP contribution in [-0.2, 0) is 10.0 Å². The normalized spacial score (nSPS) is 12.4. The zero-order valence-corrected chi connectivity index (χ0v) is 13.1. The Labute approximate surface area is 126 Å². The van der Waals surface area contributed by atoms with Crippen LogP contribution in [-0.4, -0.2) is 19.6 Å². The molecule has 1 aromatic carbocycles. The molecule has 0 aliphatic carbocycles. The molecule has 3 N–H and O–H groups in total. The van der Waals surface area contributed by atoms with E-state index in [0.29, 0.717) is 0 Å². The van der Waals surface area contributed by atoms with Crippen LogP contribution in [0, 0.1) is 0 Å². The highest BCUT2D eigenvalue weighted by Gasteiger charge is 2.46. The topological polar surface area (TPSA) is 84.5 Å². The molecule has 0 amide bonds. The largest absolute Gasteiger partial charge is 0.516 e. The molecule has 0 aliphatic heterocycles. The predicted octanol–water partition coefficient (Wildman–Crippen LogP) is 3.31. The number of anilines is 1. The standard InChI is InChI=1S/C9H9ClF3N3O2S.C2H6/c1-5(15-14)7-4-6(10)2-3-8(7)16-19(17,18)9(11,12)13;1-2/h2-4,16H,14H2,1H3;1-2H3/b15-5+;. The highest BCUT2D eigenvalue weighted by Crippen LogP contribution is 2.28. The molecule has 21 heavy (non-hydrogen) atoms. The molecule has 0 fully saturated rings. The van der Waals surface area contributed by atoms with Crippen LogP contribution in [0.25, 0.3) is 0 Å². The Hall–Kier alpha value is -1.48. The minimum Gasteiger partial charge on any atom is -0.323 e. The van der Waals surface area contributed by atoms with Gasteiger partial charge in [-0.25, -0.2) is 0 Å². The van der Waals surface area contributed by atoms with E-state index < -0.39 is 15.5 Å². The number of hydrogen-bond donors (Lipinski definition) is 2. The van der Waals surface area contributed by atoms with Gasteiger partial charge < -0.3 is 5.84 Å². The Balaban J connectivity index is 0.00000191. The Kier molecular flexibility index (Phi) is 6.98. The van der Waals surface area contributed by atoms with E-state index >= 15 is 0 Å². The van der Waals surface area contributed by atoms with Gasteiger partial charge in [0.05, 0.1) is 11.4 Å². The SMILES string of the molecule is C/C(=N\N)c1cc(Cl)ccc1NS(=O)(=O)C(F)(F)F.CC. The number of halogens is 4. The van der Waals surface area contributed by atoms with Gasteiger partial charge in [0.15, 0.2) is 0 Å². The lowest BCUT2D eigenvalue weighted by Crippen LogP contribution is -2.30. The summed E-state index contributed by atoms with van der Waals surface area (Å²) in [6.45, 7) is 5.40. The zero-order chi connectivity index (χ0) is 16.8. The summed E-state index contributed by atoms with van der Waals surface area (Å²) >= 11 is 5.68. The van der Waals surface area contributed by atoms with Crippen LogP contribution < -0.4 is 10.6 Å². The van der Waals surface area contributed by atoms with Crippen molar-refractivity contribution in [3.8, 4) is 0 Å². The molecule has 5 nitrogen and oxygen atoms in total. The molecule has 0 radical (unpaired) electrons. The number of hydrazone groups is 1. The fourth-order valence-electron chi connectivity index (χ4n) is 1.18. The van der Waals surface area contributed by atoms with Gasteiger partial charge >= 0.3 is 15.5 Å². The summed E-state index contributed by atoms with van der Waals surface area (Å²) in [5.41, 5.74) is -5.55. The van der Waals surface area contributed by atoms with E-state index in [1.54, 1.807) is 0 Å². The van der Waals surface area contributed by atoms with E-state index in [-0.39, 0.29) is 22.0 Å². The molecule has 10 heteroatoms. The van der Waals surface area contributed by atoms with Crippen molar-refractivity contribution >= 4 is 33.0 Å². The van der Waals surface area contributed by atoms with E-state index in [0.717, 1.165) is 6.07 Å². The Morgan fingerprint density at radius 3 is 2.29 bits per heavy atom. The van der Waals surface area contributed by atoms with Crippen molar-refractivity contribution in [2.75, 3.05) is 4.72 Å². The molecule has 0 spiro atoms. The van der Waals surface area contributed by atoms with Crippen LogP contribution in [0.2, 0.25) is 5.02 Å². The number of nitrogens with two attached hydrogens (primary N) is 1. The monoisotopic (exact) mass is 345 g/mol. The quantitative estimate of drug-likeness (QED) is 0.500. The van der Waals surface area contributed by atoms with Gasteiger partial charge in [-0.3, -0.25) is 4.72 Å². The van der Waals surface area contributed by atoms with Crippen LogP contribution >= 0.6 is 11.6 Å².